The molecule has 1 amide bonds. The second-order valence-electron chi connectivity index (χ2n) is 4.69. The van der Waals surface area contributed by atoms with Crippen LogP contribution in [0.1, 0.15) is 26.3 Å². The molecule has 8 heteroatoms. The molecule has 1 aromatic carbocycles. The lowest BCUT2D eigenvalue weighted by Gasteiger charge is -2.22. The van der Waals surface area contributed by atoms with E-state index in [2.05, 4.69) is 5.32 Å². The molecule has 0 radical (unpaired) electrons. The van der Waals surface area contributed by atoms with Gasteiger partial charge < -0.3 is 19.7 Å². The van der Waals surface area contributed by atoms with Crippen LogP contribution in [0.4, 0.5) is 11.4 Å². The summed E-state index contributed by atoms with van der Waals surface area (Å²) in [5, 5.41) is 3.35. The van der Waals surface area contributed by atoms with Gasteiger partial charge in [-0.05, 0) is 29.3 Å². The lowest BCUT2D eigenvalue weighted by Crippen LogP contribution is -2.29. The number of hydrogen-bond donors (Lipinski definition) is 1. The van der Waals surface area contributed by atoms with Gasteiger partial charge in [0.15, 0.2) is 0 Å². The molecule has 8 nitrogen and oxygen atoms in total. The van der Waals surface area contributed by atoms with Gasteiger partial charge in [0.2, 0.25) is 5.91 Å². The Labute approximate surface area is 134 Å². The van der Waals surface area contributed by atoms with Crippen LogP contribution in [0.5, 0.6) is 0 Å². The molecule has 1 rings (SSSR count). The third kappa shape index (κ3) is 6.35. The number of rotatable bonds is 7. The van der Waals surface area contributed by atoms with E-state index in [1.54, 1.807) is 19.2 Å². The number of hydrogen-bond acceptors (Lipinski definition) is 7. The molecule has 0 aliphatic carbocycles. The molecule has 0 aliphatic heterocycles. The molecule has 126 valence electrons. The van der Waals surface area contributed by atoms with E-state index in [1.807, 2.05) is 0 Å². The molecule has 0 spiro atoms. The van der Waals surface area contributed by atoms with Crippen LogP contribution in [0.25, 0.3) is 0 Å². The summed E-state index contributed by atoms with van der Waals surface area (Å²) in [6, 6.07) is 4.95. The SMILES string of the molecule is COCCc1ccc(NC(C)=O)cc1N(OC(C)=O)OC(C)=O. The average Bonchev–Trinajstić information content (AvgIpc) is 2.43. The molecule has 0 aromatic heterocycles. The third-order valence-corrected chi connectivity index (χ3v) is 2.60. The number of ether oxygens (including phenoxy) is 1. The second kappa shape index (κ2) is 8.74. The van der Waals surface area contributed by atoms with Crippen molar-refractivity contribution >= 4 is 29.2 Å². The fraction of sp³-hybridized carbons (Fsp3) is 0.400. The van der Waals surface area contributed by atoms with Crippen molar-refractivity contribution in [1.82, 2.24) is 0 Å². The van der Waals surface area contributed by atoms with Crippen LogP contribution in [0, 0.1) is 0 Å². The Morgan fingerprint density at radius 3 is 2.17 bits per heavy atom. The quantitative estimate of drug-likeness (QED) is 0.761. The normalized spacial score (nSPS) is 9.91. The topological polar surface area (TPSA) is 94.2 Å². The van der Waals surface area contributed by atoms with Gasteiger partial charge in [-0.1, -0.05) is 6.07 Å². The van der Waals surface area contributed by atoms with E-state index in [0.29, 0.717) is 30.0 Å². The first-order valence-electron chi connectivity index (χ1n) is 6.90. The van der Waals surface area contributed by atoms with E-state index in [0.717, 1.165) is 5.23 Å². The van der Waals surface area contributed by atoms with Crippen molar-refractivity contribution in [2.45, 2.75) is 27.2 Å². The zero-order valence-electron chi connectivity index (χ0n) is 13.5. The predicted molar refractivity (Wildman–Crippen MR) is 82.3 cm³/mol. The largest absolute Gasteiger partial charge is 0.384 e. The summed E-state index contributed by atoms with van der Waals surface area (Å²) in [6.07, 6.45) is 0.491. The molecular formula is C15H20N2O6. The molecule has 0 saturated heterocycles. The van der Waals surface area contributed by atoms with E-state index in [-0.39, 0.29) is 5.91 Å². The first-order chi connectivity index (χ1) is 10.8. The highest BCUT2D eigenvalue weighted by atomic mass is 17.0. The number of carbonyl (C=O) groups excluding carboxylic acids is 3. The van der Waals surface area contributed by atoms with Crippen molar-refractivity contribution in [3.05, 3.63) is 23.8 Å². The predicted octanol–water partition coefficient (Wildman–Crippen LogP) is 1.60. The highest BCUT2D eigenvalue weighted by Gasteiger charge is 2.19. The van der Waals surface area contributed by atoms with Crippen LogP contribution in [-0.2, 0) is 35.2 Å². The Bertz CT molecular complexity index is 571. The Morgan fingerprint density at radius 1 is 1.09 bits per heavy atom. The minimum absolute atomic E-state index is 0.257. The zero-order valence-corrected chi connectivity index (χ0v) is 13.5. The van der Waals surface area contributed by atoms with E-state index in [1.165, 1.54) is 26.8 Å². The average molecular weight is 324 g/mol. The Hall–Kier alpha value is -2.61. The van der Waals surface area contributed by atoms with E-state index in [4.69, 9.17) is 14.4 Å². The number of nitrogens with zero attached hydrogens (tertiary/aromatic N) is 1. The molecule has 0 atom stereocenters. The molecule has 23 heavy (non-hydrogen) atoms. The van der Waals surface area contributed by atoms with Crippen LogP contribution in [-0.4, -0.2) is 31.6 Å². The Morgan fingerprint density at radius 2 is 1.70 bits per heavy atom. The molecule has 0 fully saturated rings. The van der Waals surface area contributed by atoms with E-state index in [9.17, 15) is 14.4 Å². The highest BCUT2D eigenvalue weighted by Crippen LogP contribution is 2.26. The van der Waals surface area contributed by atoms with Crippen LogP contribution < -0.4 is 10.5 Å². The molecule has 0 bridgehead atoms. The van der Waals surface area contributed by atoms with Gasteiger partial charge in [0.05, 0.1) is 6.61 Å². The minimum atomic E-state index is -0.658. The molecular weight excluding hydrogens is 304 g/mol. The lowest BCUT2D eigenvalue weighted by molar-refractivity contribution is -0.171. The fourth-order valence-corrected chi connectivity index (χ4v) is 1.79. The monoisotopic (exact) mass is 324 g/mol. The summed E-state index contributed by atoms with van der Waals surface area (Å²) in [5.41, 5.74) is 1.50. The highest BCUT2D eigenvalue weighted by molar-refractivity contribution is 5.89. The van der Waals surface area contributed by atoms with Gasteiger partial charge in [0, 0.05) is 33.6 Å². The molecule has 0 saturated carbocycles. The zero-order chi connectivity index (χ0) is 17.4. The smallest absolute Gasteiger partial charge is 0.333 e. The van der Waals surface area contributed by atoms with Crippen molar-refractivity contribution in [2.75, 3.05) is 24.3 Å². The fourth-order valence-electron chi connectivity index (χ4n) is 1.79. The molecule has 1 N–H and O–H groups in total. The summed E-state index contributed by atoms with van der Waals surface area (Å²) in [4.78, 5) is 43.5. The second-order valence-corrected chi connectivity index (χ2v) is 4.69. The van der Waals surface area contributed by atoms with Gasteiger partial charge >= 0.3 is 11.9 Å². The van der Waals surface area contributed by atoms with Crippen molar-refractivity contribution in [3.8, 4) is 0 Å². The number of nitrogens with one attached hydrogen (secondary N) is 1. The van der Waals surface area contributed by atoms with Gasteiger partial charge in [-0.3, -0.25) is 4.79 Å². The van der Waals surface area contributed by atoms with Gasteiger partial charge in [-0.2, -0.15) is 0 Å². The lowest BCUT2D eigenvalue weighted by atomic mass is 10.1. The summed E-state index contributed by atoms with van der Waals surface area (Å²) in [5.74, 6) is -1.57. The minimum Gasteiger partial charge on any atom is -0.384 e. The first-order valence-corrected chi connectivity index (χ1v) is 6.90. The first kappa shape index (κ1) is 18.4. The van der Waals surface area contributed by atoms with Crippen molar-refractivity contribution in [3.63, 3.8) is 0 Å². The standard InChI is InChI=1S/C15H20N2O6/c1-10(18)16-14-6-5-13(7-8-21-4)15(9-14)17(22-11(2)19)23-12(3)20/h5-6,9H,7-8H2,1-4H3,(H,16,18). The maximum Gasteiger partial charge on any atom is 0.333 e. The summed E-state index contributed by atoms with van der Waals surface area (Å²) in [7, 11) is 1.56. The van der Waals surface area contributed by atoms with Crippen LogP contribution >= 0.6 is 0 Å². The number of carbonyl (C=O) groups is 3. The van der Waals surface area contributed by atoms with Gasteiger partial charge in [0.1, 0.15) is 5.69 Å². The van der Waals surface area contributed by atoms with E-state index >= 15 is 0 Å². The van der Waals surface area contributed by atoms with Crippen LogP contribution in [0.2, 0.25) is 0 Å². The Kier molecular flexibility index (Phi) is 7.01. The number of amides is 1. The van der Waals surface area contributed by atoms with Crippen molar-refractivity contribution < 1.29 is 28.8 Å². The van der Waals surface area contributed by atoms with Crippen LogP contribution in [0.3, 0.4) is 0 Å². The third-order valence-electron chi connectivity index (χ3n) is 2.60. The Balaban J connectivity index is 3.23. The van der Waals surface area contributed by atoms with Crippen molar-refractivity contribution in [2.24, 2.45) is 0 Å². The van der Waals surface area contributed by atoms with Gasteiger partial charge in [-0.15, -0.1) is 0 Å². The number of benzene rings is 1. The van der Waals surface area contributed by atoms with E-state index < -0.39 is 11.9 Å². The summed E-state index contributed by atoms with van der Waals surface area (Å²) >= 11 is 0. The molecule has 0 heterocycles. The van der Waals surface area contributed by atoms with Crippen LogP contribution in [0.15, 0.2) is 18.2 Å². The molecule has 0 aliphatic rings. The van der Waals surface area contributed by atoms with Gasteiger partial charge in [-0.25, -0.2) is 9.59 Å². The maximum atomic E-state index is 11.2. The van der Waals surface area contributed by atoms with Gasteiger partial charge in [0.25, 0.3) is 0 Å². The maximum absolute atomic E-state index is 11.2. The molecule has 1 aromatic rings. The summed E-state index contributed by atoms with van der Waals surface area (Å²) in [6.45, 7) is 4.15. The number of methoxy groups -OCH3 is 1. The number of anilines is 2. The van der Waals surface area contributed by atoms with Crippen molar-refractivity contribution in [1.29, 1.82) is 0 Å². The summed E-state index contributed by atoms with van der Waals surface area (Å²) < 4.78 is 5.03. The molecule has 0 unspecified atom stereocenters.